The molecule has 0 spiro atoms. The number of nitrogens with two attached hydrogens (primary N) is 1. The molecule has 0 radical (unpaired) electrons. The van der Waals surface area contributed by atoms with E-state index in [1.54, 1.807) is 6.07 Å². The fourth-order valence-corrected chi connectivity index (χ4v) is 2.69. The molecule has 2 nitrogen and oxygen atoms in total. The van der Waals surface area contributed by atoms with Gasteiger partial charge in [-0.2, -0.15) is 0 Å². The van der Waals surface area contributed by atoms with Gasteiger partial charge in [0.05, 0.1) is 10.0 Å². The molecule has 0 amide bonds. The van der Waals surface area contributed by atoms with Crippen LogP contribution in [-0.2, 0) is 0 Å². The summed E-state index contributed by atoms with van der Waals surface area (Å²) in [4.78, 5) is 0. The lowest BCUT2D eigenvalue weighted by Crippen LogP contribution is -2.28. The Labute approximate surface area is 126 Å². The predicted molar refractivity (Wildman–Crippen MR) is 84.5 cm³/mol. The summed E-state index contributed by atoms with van der Waals surface area (Å²) in [5.74, 6) is 5.63. The van der Waals surface area contributed by atoms with Crippen LogP contribution < -0.4 is 11.3 Å². The molecule has 4 heteroatoms. The molecule has 1 rings (SSSR count). The Morgan fingerprint density at radius 3 is 2.47 bits per heavy atom. The predicted octanol–water partition coefficient (Wildman–Crippen LogP) is 5.25. The van der Waals surface area contributed by atoms with Gasteiger partial charge in [-0.05, 0) is 18.1 Å². The summed E-state index contributed by atoms with van der Waals surface area (Å²) in [5, 5.41) is 1.19. The average Bonchev–Trinajstić information content (AvgIpc) is 2.42. The third kappa shape index (κ3) is 5.70. The summed E-state index contributed by atoms with van der Waals surface area (Å²) >= 11 is 12.3. The van der Waals surface area contributed by atoms with Crippen LogP contribution in [0.4, 0.5) is 0 Å². The van der Waals surface area contributed by atoms with Crippen LogP contribution in [0.3, 0.4) is 0 Å². The second kappa shape index (κ2) is 9.60. The van der Waals surface area contributed by atoms with Crippen molar-refractivity contribution in [2.45, 2.75) is 57.9 Å². The summed E-state index contributed by atoms with van der Waals surface area (Å²) in [6, 6.07) is 5.77. The number of unbranched alkanes of at least 4 members (excludes halogenated alkanes) is 5. The molecule has 1 aromatic carbocycles. The van der Waals surface area contributed by atoms with Gasteiger partial charge in [-0.3, -0.25) is 11.3 Å². The van der Waals surface area contributed by atoms with Gasteiger partial charge < -0.3 is 0 Å². The maximum Gasteiger partial charge on any atom is 0.0640 e. The van der Waals surface area contributed by atoms with E-state index in [4.69, 9.17) is 29.0 Å². The van der Waals surface area contributed by atoms with Crippen LogP contribution in [0.5, 0.6) is 0 Å². The SMILES string of the molecule is CCCCCCCCC(NN)c1cccc(Cl)c1Cl. The number of nitrogens with one attached hydrogen (secondary N) is 1. The minimum absolute atomic E-state index is 0.0809. The zero-order chi connectivity index (χ0) is 14.1. The molecule has 0 heterocycles. The molecule has 19 heavy (non-hydrogen) atoms. The van der Waals surface area contributed by atoms with E-state index < -0.39 is 0 Å². The Morgan fingerprint density at radius 2 is 1.79 bits per heavy atom. The van der Waals surface area contributed by atoms with E-state index in [1.165, 1.54) is 32.1 Å². The Balaban J connectivity index is 2.43. The highest BCUT2D eigenvalue weighted by molar-refractivity contribution is 6.42. The van der Waals surface area contributed by atoms with Gasteiger partial charge in [-0.15, -0.1) is 0 Å². The van der Waals surface area contributed by atoms with Gasteiger partial charge in [0.2, 0.25) is 0 Å². The number of hydrogen-bond acceptors (Lipinski definition) is 2. The normalized spacial score (nSPS) is 12.6. The van der Waals surface area contributed by atoms with Gasteiger partial charge in [0.15, 0.2) is 0 Å². The summed E-state index contributed by atoms with van der Waals surface area (Å²) in [6.45, 7) is 2.23. The second-order valence-corrected chi connectivity index (χ2v) is 5.70. The van der Waals surface area contributed by atoms with Gasteiger partial charge in [0, 0.05) is 6.04 Å². The van der Waals surface area contributed by atoms with E-state index >= 15 is 0 Å². The van der Waals surface area contributed by atoms with Crippen molar-refractivity contribution in [2.75, 3.05) is 0 Å². The van der Waals surface area contributed by atoms with Crippen LogP contribution in [0.15, 0.2) is 18.2 Å². The average molecular weight is 303 g/mol. The lowest BCUT2D eigenvalue weighted by Gasteiger charge is -2.18. The number of halogens is 2. The van der Waals surface area contributed by atoms with Crippen molar-refractivity contribution >= 4 is 23.2 Å². The largest absolute Gasteiger partial charge is 0.271 e. The zero-order valence-electron chi connectivity index (χ0n) is 11.6. The molecule has 0 fully saturated rings. The van der Waals surface area contributed by atoms with Gasteiger partial charge in [-0.25, -0.2) is 0 Å². The third-order valence-electron chi connectivity index (χ3n) is 3.40. The van der Waals surface area contributed by atoms with Crippen LogP contribution >= 0.6 is 23.2 Å². The monoisotopic (exact) mass is 302 g/mol. The quantitative estimate of drug-likeness (QED) is 0.371. The molecule has 0 aliphatic rings. The summed E-state index contributed by atoms with van der Waals surface area (Å²) in [5.41, 5.74) is 3.84. The molecule has 0 bridgehead atoms. The highest BCUT2D eigenvalue weighted by Crippen LogP contribution is 2.31. The fourth-order valence-electron chi connectivity index (χ4n) is 2.25. The van der Waals surface area contributed by atoms with Crippen LogP contribution in [0.2, 0.25) is 10.0 Å². The van der Waals surface area contributed by atoms with Crippen molar-refractivity contribution in [3.63, 3.8) is 0 Å². The lowest BCUT2D eigenvalue weighted by molar-refractivity contribution is 0.477. The van der Waals surface area contributed by atoms with E-state index in [-0.39, 0.29) is 6.04 Å². The zero-order valence-corrected chi connectivity index (χ0v) is 13.1. The molecule has 108 valence electrons. The second-order valence-electron chi connectivity index (χ2n) is 4.92. The van der Waals surface area contributed by atoms with Crippen molar-refractivity contribution in [2.24, 2.45) is 5.84 Å². The van der Waals surface area contributed by atoms with Gasteiger partial charge >= 0.3 is 0 Å². The van der Waals surface area contributed by atoms with E-state index in [0.717, 1.165) is 18.4 Å². The van der Waals surface area contributed by atoms with Crippen molar-refractivity contribution in [3.05, 3.63) is 33.8 Å². The fraction of sp³-hybridized carbons (Fsp3) is 0.600. The maximum absolute atomic E-state index is 6.22. The van der Waals surface area contributed by atoms with E-state index in [9.17, 15) is 0 Å². The standard InChI is InChI=1S/C15H24Cl2N2/c1-2-3-4-5-6-7-11-14(19-18)12-9-8-10-13(16)15(12)17/h8-10,14,19H,2-7,11,18H2,1H3. The molecular weight excluding hydrogens is 279 g/mol. The Morgan fingerprint density at radius 1 is 1.11 bits per heavy atom. The first-order chi connectivity index (χ1) is 9.20. The van der Waals surface area contributed by atoms with Crippen molar-refractivity contribution in [3.8, 4) is 0 Å². The van der Waals surface area contributed by atoms with Crippen LogP contribution in [-0.4, -0.2) is 0 Å². The molecule has 1 unspecified atom stereocenters. The van der Waals surface area contributed by atoms with Crippen LogP contribution in [0, 0.1) is 0 Å². The van der Waals surface area contributed by atoms with E-state index in [2.05, 4.69) is 12.3 Å². The molecular formula is C15H24Cl2N2. The van der Waals surface area contributed by atoms with E-state index in [0.29, 0.717) is 10.0 Å². The topological polar surface area (TPSA) is 38.0 Å². The molecule has 0 saturated heterocycles. The highest BCUT2D eigenvalue weighted by atomic mass is 35.5. The lowest BCUT2D eigenvalue weighted by atomic mass is 10.00. The molecule has 0 aliphatic carbocycles. The number of benzene rings is 1. The number of hydrogen-bond donors (Lipinski definition) is 2. The molecule has 0 aliphatic heterocycles. The number of hydrazine groups is 1. The van der Waals surface area contributed by atoms with Gasteiger partial charge in [-0.1, -0.05) is 80.8 Å². The smallest absolute Gasteiger partial charge is 0.0640 e. The first-order valence-electron chi connectivity index (χ1n) is 7.10. The van der Waals surface area contributed by atoms with Crippen molar-refractivity contribution in [1.29, 1.82) is 0 Å². The molecule has 0 saturated carbocycles. The van der Waals surface area contributed by atoms with Gasteiger partial charge in [0.1, 0.15) is 0 Å². The summed E-state index contributed by atoms with van der Waals surface area (Å²) < 4.78 is 0. The van der Waals surface area contributed by atoms with Crippen molar-refractivity contribution in [1.82, 2.24) is 5.43 Å². The maximum atomic E-state index is 6.22. The molecule has 1 aromatic rings. The summed E-state index contributed by atoms with van der Waals surface area (Å²) in [7, 11) is 0. The Bertz CT molecular complexity index is 369. The molecule has 0 aromatic heterocycles. The van der Waals surface area contributed by atoms with Crippen LogP contribution in [0.25, 0.3) is 0 Å². The van der Waals surface area contributed by atoms with Crippen molar-refractivity contribution < 1.29 is 0 Å². The third-order valence-corrected chi connectivity index (χ3v) is 4.24. The Kier molecular flexibility index (Phi) is 8.47. The minimum atomic E-state index is 0.0809. The first-order valence-corrected chi connectivity index (χ1v) is 7.86. The Hall–Kier alpha value is -0.280. The minimum Gasteiger partial charge on any atom is -0.271 e. The van der Waals surface area contributed by atoms with Gasteiger partial charge in [0.25, 0.3) is 0 Å². The molecule has 1 atom stereocenters. The van der Waals surface area contributed by atoms with Crippen LogP contribution in [0.1, 0.15) is 63.5 Å². The number of rotatable bonds is 9. The summed E-state index contributed by atoms with van der Waals surface area (Å²) in [6.07, 6.45) is 8.63. The highest BCUT2D eigenvalue weighted by Gasteiger charge is 2.14. The first kappa shape index (κ1) is 16.8. The van der Waals surface area contributed by atoms with E-state index in [1.807, 2.05) is 12.1 Å². The molecule has 3 N–H and O–H groups in total.